The van der Waals surface area contributed by atoms with Gasteiger partial charge in [0.05, 0.1) is 12.7 Å². The van der Waals surface area contributed by atoms with Crippen molar-refractivity contribution in [3.05, 3.63) is 0 Å². The summed E-state index contributed by atoms with van der Waals surface area (Å²) >= 11 is 0. The average Bonchev–Trinajstić information content (AvgIpc) is 2.28. The van der Waals surface area contributed by atoms with Crippen LogP contribution in [0.4, 0.5) is 0 Å². The van der Waals surface area contributed by atoms with Crippen LogP contribution in [-0.2, 0) is 4.74 Å². The lowest BCUT2D eigenvalue weighted by Crippen LogP contribution is -2.50. The van der Waals surface area contributed by atoms with Crippen LogP contribution in [0.25, 0.3) is 0 Å². The molecule has 16 heavy (non-hydrogen) atoms. The first-order valence-electron chi connectivity index (χ1n) is 6.64. The van der Waals surface area contributed by atoms with Crippen LogP contribution >= 0.6 is 0 Å². The molecule has 0 radical (unpaired) electrons. The lowest BCUT2D eigenvalue weighted by atomic mass is 9.89. The predicted octanol–water partition coefficient (Wildman–Crippen LogP) is 1.87. The fourth-order valence-corrected chi connectivity index (χ4v) is 2.57. The van der Waals surface area contributed by atoms with Crippen LogP contribution < -0.4 is 5.32 Å². The molecule has 2 atom stereocenters. The van der Waals surface area contributed by atoms with Gasteiger partial charge in [0.2, 0.25) is 0 Å². The molecule has 1 aliphatic rings. The lowest BCUT2D eigenvalue weighted by Gasteiger charge is -2.38. The third-order valence-corrected chi connectivity index (χ3v) is 3.56. The predicted molar refractivity (Wildman–Crippen MR) is 68.8 cm³/mol. The summed E-state index contributed by atoms with van der Waals surface area (Å²) in [4.78, 5) is 2.46. The summed E-state index contributed by atoms with van der Waals surface area (Å²) in [6, 6.07) is 1.35. The molecule has 0 bridgehead atoms. The maximum absolute atomic E-state index is 5.61. The smallest absolute Gasteiger partial charge is 0.0596 e. The Bertz CT molecular complexity index is 185. The molecule has 0 aromatic heterocycles. The molecule has 0 heterocycles. The van der Waals surface area contributed by atoms with E-state index in [2.05, 4.69) is 38.2 Å². The molecule has 0 aromatic rings. The summed E-state index contributed by atoms with van der Waals surface area (Å²) in [5.41, 5.74) is 0. The molecule has 1 saturated carbocycles. The van der Waals surface area contributed by atoms with Gasteiger partial charge in [-0.2, -0.15) is 0 Å². The van der Waals surface area contributed by atoms with Crippen LogP contribution in [0.5, 0.6) is 0 Å². The second-order valence-electron chi connectivity index (χ2n) is 5.15. The number of nitrogens with one attached hydrogen (secondary N) is 1. The fraction of sp³-hybridized carbons (Fsp3) is 1.00. The Morgan fingerprint density at radius 3 is 2.62 bits per heavy atom. The highest BCUT2D eigenvalue weighted by Gasteiger charge is 2.26. The van der Waals surface area contributed by atoms with Crippen molar-refractivity contribution in [1.29, 1.82) is 0 Å². The molecule has 1 aliphatic carbocycles. The Hall–Kier alpha value is -0.120. The van der Waals surface area contributed by atoms with Crippen molar-refractivity contribution in [3.63, 3.8) is 0 Å². The van der Waals surface area contributed by atoms with Gasteiger partial charge in [-0.15, -0.1) is 0 Å². The van der Waals surface area contributed by atoms with Crippen molar-refractivity contribution in [2.45, 2.75) is 57.7 Å². The Morgan fingerprint density at radius 1 is 1.31 bits per heavy atom. The molecule has 0 amide bonds. The summed E-state index contributed by atoms with van der Waals surface area (Å²) in [5.74, 6) is 0. The molecule has 1 fully saturated rings. The first-order chi connectivity index (χ1) is 7.65. The lowest BCUT2D eigenvalue weighted by molar-refractivity contribution is 0.0466. The van der Waals surface area contributed by atoms with Crippen molar-refractivity contribution in [2.24, 2.45) is 0 Å². The SMILES string of the molecule is CNC1CCCCC1N(C)CCOC(C)C. The highest BCUT2D eigenvalue weighted by atomic mass is 16.5. The zero-order valence-corrected chi connectivity index (χ0v) is 11.3. The second kappa shape index (κ2) is 7.25. The van der Waals surface area contributed by atoms with Gasteiger partial charge in [-0.05, 0) is 40.8 Å². The molecular formula is C13H28N2O. The van der Waals surface area contributed by atoms with Crippen LogP contribution in [0.2, 0.25) is 0 Å². The molecule has 1 N–H and O–H groups in total. The highest BCUT2D eigenvalue weighted by molar-refractivity contribution is 4.86. The van der Waals surface area contributed by atoms with Gasteiger partial charge >= 0.3 is 0 Å². The van der Waals surface area contributed by atoms with E-state index in [0.717, 1.165) is 13.2 Å². The molecule has 0 aromatic carbocycles. The van der Waals surface area contributed by atoms with E-state index in [1.807, 2.05) is 0 Å². The number of nitrogens with zero attached hydrogens (tertiary/aromatic N) is 1. The van der Waals surface area contributed by atoms with E-state index in [1.165, 1.54) is 25.7 Å². The topological polar surface area (TPSA) is 24.5 Å². The normalized spacial score (nSPS) is 26.6. The Balaban J connectivity index is 2.29. The molecule has 3 nitrogen and oxygen atoms in total. The maximum atomic E-state index is 5.61. The van der Waals surface area contributed by atoms with Gasteiger partial charge in [0.1, 0.15) is 0 Å². The van der Waals surface area contributed by atoms with Crippen LogP contribution in [0, 0.1) is 0 Å². The van der Waals surface area contributed by atoms with E-state index in [0.29, 0.717) is 18.2 Å². The van der Waals surface area contributed by atoms with E-state index < -0.39 is 0 Å². The van der Waals surface area contributed by atoms with Crippen LogP contribution in [0.3, 0.4) is 0 Å². The molecular weight excluding hydrogens is 200 g/mol. The van der Waals surface area contributed by atoms with E-state index in [-0.39, 0.29) is 0 Å². The van der Waals surface area contributed by atoms with Gasteiger partial charge in [-0.1, -0.05) is 12.8 Å². The zero-order valence-electron chi connectivity index (χ0n) is 11.3. The second-order valence-corrected chi connectivity index (χ2v) is 5.15. The average molecular weight is 228 g/mol. The van der Waals surface area contributed by atoms with Gasteiger partial charge in [-0.3, -0.25) is 4.90 Å². The molecule has 1 rings (SSSR count). The first-order valence-corrected chi connectivity index (χ1v) is 6.64. The van der Waals surface area contributed by atoms with Crippen LogP contribution in [0.15, 0.2) is 0 Å². The molecule has 3 heteroatoms. The van der Waals surface area contributed by atoms with Gasteiger partial charge in [-0.25, -0.2) is 0 Å². The van der Waals surface area contributed by atoms with Crippen molar-refractivity contribution < 1.29 is 4.74 Å². The minimum absolute atomic E-state index is 0.347. The third-order valence-electron chi connectivity index (χ3n) is 3.56. The summed E-state index contributed by atoms with van der Waals surface area (Å²) in [7, 11) is 4.31. The van der Waals surface area contributed by atoms with Crippen LogP contribution in [0.1, 0.15) is 39.5 Å². The van der Waals surface area contributed by atoms with E-state index in [1.54, 1.807) is 0 Å². The minimum Gasteiger partial charge on any atom is -0.377 e. The molecule has 0 aliphatic heterocycles. The van der Waals surface area contributed by atoms with E-state index >= 15 is 0 Å². The third kappa shape index (κ3) is 4.40. The maximum Gasteiger partial charge on any atom is 0.0596 e. The number of likely N-dealkylation sites (N-methyl/N-ethyl adjacent to an activating group) is 2. The van der Waals surface area contributed by atoms with Crippen molar-refractivity contribution in [1.82, 2.24) is 10.2 Å². The number of hydrogen-bond acceptors (Lipinski definition) is 3. The fourth-order valence-electron chi connectivity index (χ4n) is 2.57. The first kappa shape index (κ1) is 13.9. The zero-order chi connectivity index (χ0) is 12.0. The van der Waals surface area contributed by atoms with Gasteiger partial charge in [0, 0.05) is 18.6 Å². The van der Waals surface area contributed by atoms with Gasteiger partial charge < -0.3 is 10.1 Å². The molecule has 0 spiro atoms. The number of ether oxygens (including phenoxy) is 1. The summed E-state index contributed by atoms with van der Waals surface area (Å²) < 4.78 is 5.61. The number of rotatable bonds is 6. The molecule has 96 valence electrons. The minimum atomic E-state index is 0.347. The van der Waals surface area contributed by atoms with Gasteiger partial charge in [0.15, 0.2) is 0 Å². The quantitative estimate of drug-likeness (QED) is 0.751. The summed E-state index contributed by atoms with van der Waals surface area (Å²) in [6.07, 6.45) is 5.73. The Labute approximate surface area is 101 Å². The Kier molecular flexibility index (Phi) is 6.32. The highest BCUT2D eigenvalue weighted by Crippen LogP contribution is 2.22. The molecule has 0 saturated heterocycles. The van der Waals surface area contributed by atoms with Gasteiger partial charge in [0.25, 0.3) is 0 Å². The van der Waals surface area contributed by atoms with Crippen molar-refractivity contribution >= 4 is 0 Å². The molecule has 2 unspecified atom stereocenters. The van der Waals surface area contributed by atoms with Crippen LogP contribution in [-0.4, -0.2) is 50.3 Å². The summed E-state index contributed by atoms with van der Waals surface area (Å²) in [6.45, 7) is 6.08. The van der Waals surface area contributed by atoms with E-state index in [9.17, 15) is 0 Å². The Morgan fingerprint density at radius 2 is 2.00 bits per heavy atom. The van der Waals surface area contributed by atoms with E-state index in [4.69, 9.17) is 4.74 Å². The van der Waals surface area contributed by atoms with Crippen molar-refractivity contribution in [3.8, 4) is 0 Å². The van der Waals surface area contributed by atoms with Crippen molar-refractivity contribution in [2.75, 3.05) is 27.2 Å². The monoisotopic (exact) mass is 228 g/mol. The standard InChI is InChI=1S/C13H28N2O/c1-11(2)16-10-9-15(4)13-8-6-5-7-12(13)14-3/h11-14H,5-10H2,1-4H3. The number of hydrogen-bond donors (Lipinski definition) is 1. The summed E-state index contributed by atoms with van der Waals surface area (Å²) in [5, 5.41) is 3.45. The largest absolute Gasteiger partial charge is 0.377 e.